The molecule has 0 aliphatic carbocycles. The van der Waals surface area contributed by atoms with Crippen LogP contribution in [0.4, 0.5) is 10.1 Å². The molecular formula is C14H17FN2O2S2. The molecular weight excluding hydrogens is 311 g/mol. The number of thiophene rings is 1. The van der Waals surface area contributed by atoms with Gasteiger partial charge in [-0.15, -0.1) is 0 Å². The van der Waals surface area contributed by atoms with E-state index in [0.717, 1.165) is 13.0 Å². The van der Waals surface area contributed by atoms with Crippen LogP contribution in [0.15, 0.2) is 39.9 Å². The molecule has 2 aromatic rings. The van der Waals surface area contributed by atoms with Crippen LogP contribution in [0.3, 0.4) is 0 Å². The van der Waals surface area contributed by atoms with Gasteiger partial charge in [0.1, 0.15) is 5.82 Å². The van der Waals surface area contributed by atoms with Gasteiger partial charge in [-0.1, -0.05) is 6.92 Å². The predicted octanol–water partition coefficient (Wildman–Crippen LogP) is 3.19. The molecule has 0 radical (unpaired) electrons. The van der Waals surface area contributed by atoms with Crippen molar-refractivity contribution in [2.75, 3.05) is 11.3 Å². The maximum Gasteiger partial charge on any atom is 0.261 e. The molecule has 7 heteroatoms. The SMILES string of the molecule is CCCNCc1cc(S(=O)(=O)Nc2ccsc2)ccc1F. The Kier molecular flexibility index (Phi) is 5.33. The van der Waals surface area contributed by atoms with E-state index < -0.39 is 15.8 Å². The Labute approximate surface area is 128 Å². The molecule has 0 aliphatic rings. The quantitative estimate of drug-likeness (QED) is 0.768. The fourth-order valence-corrected chi connectivity index (χ4v) is 3.55. The van der Waals surface area contributed by atoms with E-state index >= 15 is 0 Å². The minimum absolute atomic E-state index is 0.0587. The van der Waals surface area contributed by atoms with Gasteiger partial charge in [0.15, 0.2) is 0 Å². The summed E-state index contributed by atoms with van der Waals surface area (Å²) in [6.07, 6.45) is 0.930. The van der Waals surface area contributed by atoms with E-state index in [9.17, 15) is 12.8 Å². The van der Waals surface area contributed by atoms with Crippen LogP contribution in [0.5, 0.6) is 0 Å². The Balaban J connectivity index is 2.20. The van der Waals surface area contributed by atoms with Gasteiger partial charge in [0.2, 0.25) is 0 Å². The van der Waals surface area contributed by atoms with Crippen LogP contribution in [-0.4, -0.2) is 15.0 Å². The molecule has 0 saturated heterocycles. The molecule has 0 bridgehead atoms. The number of hydrogen-bond acceptors (Lipinski definition) is 4. The standard InChI is InChI=1S/C14H17FN2O2S2/c1-2-6-16-9-11-8-13(3-4-14(11)15)21(18,19)17-12-5-7-20-10-12/h3-5,7-8,10,16-17H,2,6,9H2,1H3. The first-order valence-electron chi connectivity index (χ1n) is 6.57. The van der Waals surface area contributed by atoms with Crippen LogP contribution in [0, 0.1) is 5.82 Å². The van der Waals surface area contributed by atoms with Crippen molar-refractivity contribution in [3.63, 3.8) is 0 Å². The molecule has 0 spiro atoms. The first-order chi connectivity index (χ1) is 10.0. The first kappa shape index (κ1) is 15.9. The third-order valence-corrected chi connectivity index (χ3v) is 4.91. The Bertz CT molecular complexity index is 685. The molecule has 2 rings (SSSR count). The normalized spacial score (nSPS) is 11.5. The summed E-state index contributed by atoms with van der Waals surface area (Å²) in [5, 5.41) is 6.54. The topological polar surface area (TPSA) is 58.2 Å². The summed E-state index contributed by atoms with van der Waals surface area (Å²) in [6, 6.07) is 5.50. The summed E-state index contributed by atoms with van der Waals surface area (Å²) < 4.78 is 40.7. The van der Waals surface area contributed by atoms with Crippen molar-refractivity contribution in [2.24, 2.45) is 0 Å². The van der Waals surface area contributed by atoms with Crippen molar-refractivity contribution in [2.45, 2.75) is 24.8 Å². The number of halogens is 1. The van der Waals surface area contributed by atoms with Gasteiger partial charge in [0.25, 0.3) is 10.0 Å². The highest BCUT2D eigenvalue weighted by molar-refractivity contribution is 7.92. The van der Waals surface area contributed by atoms with Crippen LogP contribution in [-0.2, 0) is 16.6 Å². The van der Waals surface area contributed by atoms with Crippen LogP contribution in [0.25, 0.3) is 0 Å². The van der Waals surface area contributed by atoms with Crippen molar-refractivity contribution in [3.05, 3.63) is 46.4 Å². The average molecular weight is 328 g/mol. The molecule has 0 amide bonds. The Morgan fingerprint density at radius 2 is 2.10 bits per heavy atom. The van der Waals surface area contributed by atoms with Gasteiger partial charge in [-0.05, 0) is 42.6 Å². The molecule has 1 aromatic heterocycles. The lowest BCUT2D eigenvalue weighted by atomic mass is 10.2. The molecule has 0 fully saturated rings. The second kappa shape index (κ2) is 7.02. The highest BCUT2D eigenvalue weighted by atomic mass is 32.2. The predicted molar refractivity (Wildman–Crippen MR) is 83.5 cm³/mol. The molecule has 4 nitrogen and oxygen atoms in total. The Morgan fingerprint density at radius 1 is 1.29 bits per heavy atom. The van der Waals surface area contributed by atoms with Crippen LogP contribution < -0.4 is 10.0 Å². The zero-order chi connectivity index (χ0) is 15.3. The molecule has 0 aliphatic heterocycles. The first-order valence-corrected chi connectivity index (χ1v) is 8.99. The van der Waals surface area contributed by atoms with Gasteiger partial charge in [0.05, 0.1) is 10.6 Å². The van der Waals surface area contributed by atoms with Crippen molar-refractivity contribution in [1.82, 2.24) is 5.32 Å². The molecule has 0 atom stereocenters. The van der Waals surface area contributed by atoms with Gasteiger partial charge in [-0.25, -0.2) is 12.8 Å². The minimum atomic E-state index is -3.69. The summed E-state index contributed by atoms with van der Waals surface area (Å²) in [5.41, 5.74) is 0.853. The lowest BCUT2D eigenvalue weighted by Gasteiger charge is -2.10. The number of sulfonamides is 1. The van der Waals surface area contributed by atoms with Crippen molar-refractivity contribution in [1.29, 1.82) is 0 Å². The molecule has 2 N–H and O–H groups in total. The van der Waals surface area contributed by atoms with Crippen molar-refractivity contribution < 1.29 is 12.8 Å². The number of nitrogens with one attached hydrogen (secondary N) is 2. The maximum absolute atomic E-state index is 13.7. The van der Waals surface area contributed by atoms with Crippen LogP contribution in [0.2, 0.25) is 0 Å². The fourth-order valence-electron chi connectivity index (χ4n) is 1.79. The summed E-state index contributed by atoms with van der Waals surface area (Å²) in [6.45, 7) is 3.07. The molecule has 0 unspecified atom stereocenters. The van der Waals surface area contributed by atoms with Crippen LogP contribution >= 0.6 is 11.3 Å². The summed E-state index contributed by atoms with van der Waals surface area (Å²) in [4.78, 5) is 0.0587. The smallest absolute Gasteiger partial charge is 0.261 e. The number of hydrogen-bond donors (Lipinski definition) is 2. The van der Waals surface area contributed by atoms with E-state index in [-0.39, 0.29) is 4.90 Å². The molecule has 21 heavy (non-hydrogen) atoms. The third-order valence-electron chi connectivity index (χ3n) is 2.84. The van der Waals surface area contributed by atoms with Gasteiger partial charge >= 0.3 is 0 Å². The second-order valence-corrected chi connectivity index (χ2v) is 7.01. The molecule has 0 saturated carbocycles. The zero-order valence-electron chi connectivity index (χ0n) is 11.6. The lowest BCUT2D eigenvalue weighted by molar-refractivity contribution is 0.581. The van der Waals surface area contributed by atoms with Gasteiger partial charge in [-0.3, -0.25) is 4.72 Å². The van der Waals surface area contributed by atoms with E-state index in [4.69, 9.17) is 0 Å². The summed E-state index contributed by atoms with van der Waals surface area (Å²) in [5.74, 6) is -0.409. The number of benzene rings is 1. The van der Waals surface area contributed by atoms with Crippen LogP contribution in [0.1, 0.15) is 18.9 Å². The average Bonchev–Trinajstić information content (AvgIpc) is 2.93. The summed E-state index contributed by atoms with van der Waals surface area (Å²) in [7, 11) is -3.69. The third kappa shape index (κ3) is 4.26. The lowest BCUT2D eigenvalue weighted by Crippen LogP contribution is -2.17. The van der Waals surface area contributed by atoms with E-state index in [0.29, 0.717) is 17.8 Å². The fraction of sp³-hybridized carbons (Fsp3) is 0.286. The highest BCUT2D eigenvalue weighted by Crippen LogP contribution is 2.20. The molecule has 1 heterocycles. The summed E-state index contributed by atoms with van der Waals surface area (Å²) >= 11 is 1.40. The highest BCUT2D eigenvalue weighted by Gasteiger charge is 2.16. The second-order valence-electron chi connectivity index (χ2n) is 4.55. The largest absolute Gasteiger partial charge is 0.313 e. The van der Waals surface area contributed by atoms with E-state index in [1.54, 1.807) is 16.8 Å². The van der Waals surface area contributed by atoms with E-state index in [1.807, 2.05) is 6.92 Å². The van der Waals surface area contributed by atoms with Gasteiger partial charge < -0.3 is 5.32 Å². The monoisotopic (exact) mass is 328 g/mol. The Hall–Kier alpha value is -1.44. The maximum atomic E-state index is 13.7. The number of rotatable bonds is 7. The van der Waals surface area contributed by atoms with E-state index in [2.05, 4.69) is 10.0 Å². The zero-order valence-corrected chi connectivity index (χ0v) is 13.2. The van der Waals surface area contributed by atoms with Gasteiger partial charge in [0, 0.05) is 17.5 Å². The van der Waals surface area contributed by atoms with Crippen molar-refractivity contribution >= 4 is 27.0 Å². The minimum Gasteiger partial charge on any atom is -0.313 e. The van der Waals surface area contributed by atoms with E-state index in [1.165, 1.54) is 29.5 Å². The van der Waals surface area contributed by atoms with Gasteiger partial charge in [-0.2, -0.15) is 11.3 Å². The molecule has 1 aromatic carbocycles. The Morgan fingerprint density at radius 3 is 2.76 bits per heavy atom. The number of anilines is 1. The van der Waals surface area contributed by atoms with Crippen molar-refractivity contribution in [3.8, 4) is 0 Å². The molecule has 114 valence electrons.